The lowest BCUT2D eigenvalue weighted by Gasteiger charge is -2.18. The SMILES string of the molecule is Fc1ccc(COc2c(Cl)ccc(-c3ncccn3)c2-c2ccc(CS)cc2Cl)cc1F. The van der Waals surface area contributed by atoms with Gasteiger partial charge in [-0.15, -0.1) is 0 Å². The van der Waals surface area contributed by atoms with Gasteiger partial charge in [0.25, 0.3) is 0 Å². The molecule has 4 rings (SSSR count). The largest absolute Gasteiger partial charge is 0.487 e. The molecular formula is C24H16Cl2F2N2OS. The number of ether oxygens (including phenoxy) is 1. The van der Waals surface area contributed by atoms with Gasteiger partial charge in [0, 0.05) is 39.9 Å². The monoisotopic (exact) mass is 488 g/mol. The van der Waals surface area contributed by atoms with Gasteiger partial charge >= 0.3 is 0 Å². The Morgan fingerprint density at radius 2 is 1.53 bits per heavy atom. The van der Waals surface area contributed by atoms with Crippen molar-refractivity contribution in [3.63, 3.8) is 0 Å². The summed E-state index contributed by atoms with van der Waals surface area (Å²) >= 11 is 17.4. The summed E-state index contributed by atoms with van der Waals surface area (Å²) in [6.07, 6.45) is 3.27. The Morgan fingerprint density at radius 1 is 0.812 bits per heavy atom. The third kappa shape index (κ3) is 4.72. The quantitative estimate of drug-likeness (QED) is 0.287. The van der Waals surface area contributed by atoms with Crippen molar-refractivity contribution in [2.24, 2.45) is 0 Å². The van der Waals surface area contributed by atoms with Gasteiger partial charge in [-0.25, -0.2) is 18.7 Å². The molecule has 0 unspecified atom stereocenters. The first kappa shape index (κ1) is 22.5. The van der Waals surface area contributed by atoms with E-state index in [2.05, 4.69) is 22.6 Å². The fourth-order valence-corrected chi connectivity index (χ4v) is 3.94. The molecule has 162 valence electrons. The summed E-state index contributed by atoms with van der Waals surface area (Å²) in [5, 5.41) is 0.810. The average molecular weight is 489 g/mol. The van der Waals surface area contributed by atoms with Gasteiger partial charge in [0.15, 0.2) is 17.5 Å². The van der Waals surface area contributed by atoms with Crippen molar-refractivity contribution in [2.45, 2.75) is 12.4 Å². The standard InChI is InChI=1S/C24H16Cl2F2N2OS/c25-18-6-5-17(24-29-8-1-9-30-24)22(16-4-2-15(13-32)10-19(16)26)23(18)31-12-14-3-7-20(27)21(28)11-14/h1-11,32H,12-13H2. The summed E-state index contributed by atoms with van der Waals surface area (Å²) in [4.78, 5) is 8.71. The van der Waals surface area contributed by atoms with E-state index in [1.807, 2.05) is 18.2 Å². The predicted molar refractivity (Wildman–Crippen MR) is 126 cm³/mol. The average Bonchev–Trinajstić information content (AvgIpc) is 2.81. The van der Waals surface area contributed by atoms with Crippen LogP contribution in [0.3, 0.4) is 0 Å². The van der Waals surface area contributed by atoms with E-state index in [0.717, 1.165) is 17.7 Å². The molecule has 0 radical (unpaired) electrons. The second-order valence-corrected chi connectivity index (χ2v) is 8.01. The molecule has 4 aromatic rings. The summed E-state index contributed by atoms with van der Waals surface area (Å²) in [5.41, 5.74) is 3.33. The fraction of sp³-hybridized carbons (Fsp3) is 0.0833. The molecule has 1 aromatic heterocycles. The third-order valence-electron chi connectivity index (χ3n) is 4.77. The first-order chi connectivity index (χ1) is 15.5. The number of nitrogens with zero attached hydrogens (tertiary/aromatic N) is 2. The van der Waals surface area contributed by atoms with Crippen molar-refractivity contribution in [1.29, 1.82) is 0 Å². The fourth-order valence-electron chi connectivity index (χ4n) is 3.23. The Bertz CT molecular complexity index is 1270. The highest BCUT2D eigenvalue weighted by Crippen LogP contribution is 2.45. The maximum atomic E-state index is 13.6. The molecule has 3 aromatic carbocycles. The molecule has 0 aliphatic heterocycles. The van der Waals surface area contributed by atoms with Crippen molar-refractivity contribution in [1.82, 2.24) is 9.97 Å². The van der Waals surface area contributed by atoms with E-state index in [-0.39, 0.29) is 6.61 Å². The number of thiol groups is 1. The van der Waals surface area contributed by atoms with Gasteiger partial charge in [0.05, 0.1) is 5.02 Å². The van der Waals surface area contributed by atoms with Crippen LogP contribution < -0.4 is 4.74 Å². The number of halogens is 4. The van der Waals surface area contributed by atoms with Gasteiger partial charge in [-0.1, -0.05) is 41.4 Å². The smallest absolute Gasteiger partial charge is 0.159 e. The van der Waals surface area contributed by atoms with Crippen molar-refractivity contribution >= 4 is 35.8 Å². The zero-order valence-corrected chi connectivity index (χ0v) is 18.9. The van der Waals surface area contributed by atoms with Gasteiger partial charge in [-0.3, -0.25) is 0 Å². The maximum Gasteiger partial charge on any atom is 0.159 e. The summed E-state index contributed by atoms with van der Waals surface area (Å²) in [6, 6.07) is 14.4. The van der Waals surface area contributed by atoms with Crippen LogP contribution in [0.4, 0.5) is 8.78 Å². The van der Waals surface area contributed by atoms with Gasteiger partial charge < -0.3 is 4.74 Å². The lowest BCUT2D eigenvalue weighted by atomic mass is 9.96. The van der Waals surface area contributed by atoms with Crippen LogP contribution >= 0.6 is 35.8 Å². The van der Waals surface area contributed by atoms with Crippen molar-refractivity contribution in [3.05, 3.63) is 99.8 Å². The summed E-state index contributed by atoms with van der Waals surface area (Å²) in [6.45, 7) is -0.0324. The van der Waals surface area contributed by atoms with Gasteiger partial charge in [-0.05, 0) is 47.5 Å². The Balaban J connectivity index is 1.85. The number of hydrogen-bond acceptors (Lipinski definition) is 4. The molecule has 0 atom stereocenters. The maximum absolute atomic E-state index is 13.6. The Hall–Kier alpha value is -2.67. The molecule has 0 amide bonds. The highest BCUT2D eigenvalue weighted by atomic mass is 35.5. The summed E-state index contributed by atoms with van der Waals surface area (Å²) in [7, 11) is 0. The van der Waals surface area contributed by atoms with Crippen molar-refractivity contribution in [3.8, 4) is 28.3 Å². The lowest BCUT2D eigenvalue weighted by Crippen LogP contribution is -2.01. The Morgan fingerprint density at radius 3 is 2.22 bits per heavy atom. The van der Waals surface area contributed by atoms with Crippen LogP contribution in [0.15, 0.2) is 67.0 Å². The number of rotatable bonds is 6. The first-order valence-corrected chi connectivity index (χ1v) is 10.9. The van der Waals surface area contributed by atoms with Crippen LogP contribution in [0.5, 0.6) is 5.75 Å². The van der Waals surface area contributed by atoms with E-state index in [1.165, 1.54) is 6.07 Å². The van der Waals surface area contributed by atoms with Crippen LogP contribution in [0, 0.1) is 11.6 Å². The second-order valence-electron chi connectivity index (χ2n) is 6.88. The van der Waals surface area contributed by atoms with Gasteiger partial charge in [0.1, 0.15) is 12.4 Å². The zero-order valence-electron chi connectivity index (χ0n) is 16.5. The topological polar surface area (TPSA) is 35.0 Å². The van der Waals surface area contributed by atoms with Crippen molar-refractivity contribution in [2.75, 3.05) is 0 Å². The van der Waals surface area contributed by atoms with Crippen molar-refractivity contribution < 1.29 is 13.5 Å². The van der Waals surface area contributed by atoms with E-state index in [4.69, 9.17) is 27.9 Å². The molecule has 8 heteroatoms. The molecule has 3 nitrogen and oxygen atoms in total. The molecule has 0 N–H and O–H groups in total. The van der Waals surface area contributed by atoms with Crippen LogP contribution in [0.25, 0.3) is 22.5 Å². The minimum absolute atomic E-state index is 0.0324. The van der Waals surface area contributed by atoms with E-state index >= 15 is 0 Å². The minimum atomic E-state index is -0.950. The molecule has 0 saturated carbocycles. The van der Waals surface area contributed by atoms with E-state index in [1.54, 1.807) is 30.6 Å². The first-order valence-electron chi connectivity index (χ1n) is 9.54. The lowest BCUT2D eigenvalue weighted by molar-refractivity contribution is 0.306. The van der Waals surface area contributed by atoms with Crippen LogP contribution in [0.2, 0.25) is 10.0 Å². The zero-order chi connectivity index (χ0) is 22.7. The molecule has 0 fully saturated rings. The van der Waals surface area contributed by atoms with Gasteiger partial charge in [-0.2, -0.15) is 12.6 Å². The van der Waals surface area contributed by atoms with Crippen LogP contribution in [0.1, 0.15) is 11.1 Å². The highest BCUT2D eigenvalue weighted by Gasteiger charge is 2.21. The number of aromatic nitrogens is 2. The predicted octanol–water partition coefficient (Wildman–Crippen LogP) is 7.40. The summed E-state index contributed by atoms with van der Waals surface area (Å²) < 4.78 is 33.0. The number of hydrogen-bond donors (Lipinski definition) is 1. The Labute approximate surface area is 199 Å². The normalized spacial score (nSPS) is 10.9. The molecule has 0 aliphatic rings. The van der Waals surface area contributed by atoms with E-state index in [0.29, 0.717) is 49.6 Å². The Kier molecular flexibility index (Phi) is 6.94. The molecular weight excluding hydrogens is 473 g/mol. The molecule has 32 heavy (non-hydrogen) atoms. The third-order valence-corrected chi connectivity index (χ3v) is 5.74. The minimum Gasteiger partial charge on any atom is -0.487 e. The van der Waals surface area contributed by atoms with Crippen LogP contribution in [-0.2, 0) is 12.4 Å². The van der Waals surface area contributed by atoms with Gasteiger partial charge in [0.2, 0.25) is 0 Å². The molecule has 0 saturated heterocycles. The van der Waals surface area contributed by atoms with E-state index in [9.17, 15) is 8.78 Å². The van der Waals surface area contributed by atoms with Crippen LogP contribution in [-0.4, -0.2) is 9.97 Å². The molecule has 0 bridgehead atoms. The molecule has 1 heterocycles. The molecule has 0 aliphatic carbocycles. The highest BCUT2D eigenvalue weighted by molar-refractivity contribution is 7.79. The second kappa shape index (κ2) is 9.86. The van der Waals surface area contributed by atoms with E-state index < -0.39 is 11.6 Å². The number of benzene rings is 3. The molecule has 0 spiro atoms. The summed E-state index contributed by atoms with van der Waals surface area (Å²) in [5.74, 6) is -0.544.